The number of ether oxygens (including phenoxy) is 1. The van der Waals surface area contributed by atoms with Gasteiger partial charge in [0.25, 0.3) is 0 Å². The predicted octanol–water partition coefficient (Wildman–Crippen LogP) is 2.06. The van der Waals surface area contributed by atoms with E-state index >= 15 is 0 Å². The zero-order valence-corrected chi connectivity index (χ0v) is 17.8. The van der Waals surface area contributed by atoms with Gasteiger partial charge in [0.2, 0.25) is 15.9 Å². The average molecular weight is 449 g/mol. The normalized spacial score (nSPS) is 22.1. The first-order chi connectivity index (χ1) is 14.8. The highest BCUT2D eigenvalue weighted by Gasteiger charge is 2.31. The molecule has 9 heteroatoms. The summed E-state index contributed by atoms with van der Waals surface area (Å²) in [5.41, 5.74) is 0.969. The first-order valence-corrected chi connectivity index (χ1v) is 11.3. The molecule has 166 valence electrons. The second-order valence-electron chi connectivity index (χ2n) is 7.29. The molecule has 0 saturated carbocycles. The fraction of sp³-hybridized carbons (Fsp3) is 0.318. The second kappa shape index (κ2) is 10.1. The van der Waals surface area contributed by atoms with Crippen LogP contribution in [0.4, 0.5) is 4.39 Å². The molecule has 4 atom stereocenters. The number of carbonyl (C=O) groups excluding carboxylic acids is 1. The Bertz CT molecular complexity index is 1030. The summed E-state index contributed by atoms with van der Waals surface area (Å²) in [6, 6.07) is 13.1. The first kappa shape index (κ1) is 23.1. The number of amides is 1. The minimum absolute atomic E-state index is 0.0214. The molecule has 1 amide bonds. The van der Waals surface area contributed by atoms with Crippen LogP contribution in [0.3, 0.4) is 0 Å². The maximum Gasteiger partial charge on any atom is 0.241 e. The van der Waals surface area contributed by atoms with E-state index in [1.54, 1.807) is 12.2 Å². The van der Waals surface area contributed by atoms with Crippen molar-refractivity contribution in [2.75, 3.05) is 6.61 Å². The van der Waals surface area contributed by atoms with Crippen molar-refractivity contribution in [3.05, 3.63) is 78.1 Å². The van der Waals surface area contributed by atoms with Crippen molar-refractivity contribution in [3.63, 3.8) is 0 Å². The van der Waals surface area contributed by atoms with E-state index < -0.39 is 40.7 Å². The Morgan fingerprint density at radius 2 is 1.90 bits per heavy atom. The van der Waals surface area contributed by atoms with Gasteiger partial charge in [-0.25, -0.2) is 17.5 Å². The molecular weight excluding hydrogens is 423 g/mol. The summed E-state index contributed by atoms with van der Waals surface area (Å²) in [6.45, 7) is 1.41. The van der Waals surface area contributed by atoms with Crippen LogP contribution in [0.25, 0.3) is 0 Å². The number of nitrogens with one attached hydrogen (secondary N) is 2. The van der Waals surface area contributed by atoms with Crippen molar-refractivity contribution in [3.8, 4) is 0 Å². The van der Waals surface area contributed by atoms with Crippen LogP contribution in [0.15, 0.2) is 71.6 Å². The van der Waals surface area contributed by atoms with E-state index in [1.807, 2.05) is 37.3 Å². The van der Waals surface area contributed by atoms with E-state index in [4.69, 9.17) is 4.74 Å². The molecule has 0 spiro atoms. The summed E-state index contributed by atoms with van der Waals surface area (Å²) in [4.78, 5) is 12.2. The van der Waals surface area contributed by atoms with Gasteiger partial charge in [0.15, 0.2) is 0 Å². The van der Waals surface area contributed by atoms with Gasteiger partial charge in [-0.05, 0) is 30.7 Å². The lowest BCUT2D eigenvalue weighted by atomic mass is 10.0. The van der Waals surface area contributed by atoms with Gasteiger partial charge in [0.05, 0.1) is 36.1 Å². The number of hydrogen-bond acceptors (Lipinski definition) is 5. The first-order valence-electron chi connectivity index (χ1n) is 9.85. The Morgan fingerprint density at radius 1 is 1.16 bits per heavy atom. The number of halogens is 1. The van der Waals surface area contributed by atoms with Gasteiger partial charge in [-0.3, -0.25) is 4.79 Å². The van der Waals surface area contributed by atoms with Crippen molar-refractivity contribution in [1.29, 1.82) is 0 Å². The van der Waals surface area contributed by atoms with Gasteiger partial charge < -0.3 is 15.2 Å². The molecule has 0 fully saturated rings. The van der Waals surface area contributed by atoms with Crippen molar-refractivity contribution >= 4 is 15.9 Å². The summed E-state index contributed by atoms with van der Waals surface area (Å²) >= 11 is 0. The number of aliphatic hydroxyl groups excluding tert-OH is 1. The quantitative estimate of drug-likeness (QED) is 0.536. The molecule has 0 saturated heterocycles. The van der Waals surface area contributed by atoms with Gasteiger partial charge in [-0.1, -0.05) is 48.6 Å². The predicted molar refractivity (Wildman–Crippen MR) is 113 cm³/mol. The SMILES string of the molecule is C[C@H](NC(=O)C[C@@H]1C=C[C@H](NS(=O)(=O)c2cccc(F)c2)[C@H](CO)O1)c1ccccc1. The summed E-state index contributed by atoms with van der Waals surface area (Å²) in [5.74, 6) is -0.908. The van der Waals surface area contributed by atoms with Gasteiger partial charge in [-0.15, -0.1) is 0 Å². The number of sulfonamides is 1. The summed E-state index contributed by atoms with van der Waals surface area (Å²) in [7, 11) is -4.02. The topological polar surface area (TPSA) is 105 Å². The highest BCUT2D eigenvalue weighted by Crippen LogP contribution is 2.19. The van der Waals surface area contributed by atoms with Crippen LogP contribution in [0, 0.1) is 5.82 Å². The Kier molecular flexibility index (Phi) is 7.55. The molecule has 0 radical (unpaired) electrons. The molecule has 0 aliphatic carbocycles. The second-order valence-corrected chi connectivity index (χ2v) is 9.00. The standard InChI is InChI=1S/C22H25FN2O5S/c1-15(16-6-3-2-4-7-16)24-22(27)13-18-10-11-20(21(14-26)30-18)25-31(28,29)19-9-5-8-17(23)12-19/h2-12,15,18,20-21,25-26H,13-14H2,1H3,(H,24,27)/t15-,18-,20-,21-/m0/s1. The summed E-state index contributed by atoms with van der Waals surface area (Å²) in [5, 5.41) is 12.6. The lowest BCUT2D eigenvalue weighted by Crippen LogP contribution is -2.49. The van der Waals surface area contributed by atoms with E-state index in [0.717, 1.165) is 17.7 Å². The number of aliphatic hydroxyl groups is 1. The molecule has 3 rings (SSSR count). The highest BCUT2D eigenvalue weighted by atomic mass is 32.2. The number of benzene rings is 2. The van der Waals surface area contributed by atoms with Crippen molar-refractivity contribution < 1.29 is 27.4 Å². The molecule has 2 aromatic rings. The fourth-order valence-electron chi connectivity index (χ4n) is 3.30. The van der Waals surface area contributed by atoms with Gasteiger partial charge in [0, 0.05) is 0 Å². The third kappa shape index (κ3) is 6.20. The third-order valence-corrected chi connectivity index (χ3v) is 6.38. The van der Waals surface area contributed by atoms with Crippen LogP contribution in [0.1, 0.15) is 24.9 Å². The number of rotatable bonds is 8. The lowest BCUT2D eigenvalue weighted by Gasteiger charge is -2.31. The third-order valence-electron chi connectivity index (χ3n) is 4.92. The minimum Gasteiger partial charge on any atom is -0.394 e. The van der Waals surface area contributed by atoms with Gasteiger partial charge in [0.1, 0.15) is 11.9 Å². The zero-order chi connectivity index (χ0) is 22.4. The maximum atomic E-state index is 13.4. The van der Waals surface area contributed by atoms with E-state index in [2.05, 4.69) is 10.0 Å². The average Bonchev–Trinajstić information content (AvgIpc) is 2.75. The van der Waals surface area contributed by atoms with E-state index in [9.17, 15) is 22.7 Å². The molecule has 2 aromatic carbocycles. The maximum absolute atomic E-state index is 13.4. The Morgan fingerprint density at radius 3 is 2.58 bits per heavy atom. The lowest BCUT2D eigenvalue weighted by molar-refractivity contribution is -0.125. The number of carbonyl (C=O) groups is 1. The summed E-state index contributed by atoms with van der Waals surface area (Å²) in [6.07, 6.45) is 1.64. The van der Waals surface area contributed by atoms with Crippen LogP contribution >= 0.6 is 0 Å². The Hall–Kier alpha value is -2.59. The van der Waals surface area contributed by atoms with Crippen LogP contribution in [-0.2, 0) is 19.6 Å². The van der Waals surface area contributed by atoms with Crippen LogP contribution < -0.4 is 10.0 Å². The van der Waals surface area contributed by atoms with Crippen molar-refractivity contribution in [2.45, 2.75) is 42.5 Å². The van der Waals surface area contributed by atoms with Gasteiger partial charge in [-0.2, -0.15) is 0 Å². The van der Waals surface area contributed by atoms with Crippen LogP contribution in [-0.4, -0.2) is 44.3 Å². The van der Waals surface area contributed by atoms with E-state index in [0.29, 0.717) is 0 Å². The minimum atomic E-state index is -4.02. The molecule has 7 nitrogen and oxygen atoms in total. The molecule has 1 aliphatic rings. The van der Waals surface area contributed by atoms with Gasteiger partial charge >= 0.3 is 0 Å². The molecule has 31 heavy (non-hydrogen) atoms. The van der Waals surface area contributed by atoms with Crippen molar-refractivity contribution in [2.24, 2.45) is 0 Å². The molecular formula is C22H25FN2O5S. The monoisotopic (exact) mass is 448 g/mol. The molecule has 0 unspecified atom stereocenters. The van der Waals surface area contributed by atoms with Crippen LogP contribution in [0.5, 0.6) is 0 Å². The van der Waals surface area contributed by atoms with Crippen LogP contribution in [0.2, 0.25) is 0 Å². The molecule has 1 aliphatic heterocycles. The van der Waals surface area contributed by atoms with E-state index in [-0.39, 0.29) is 23.3 Å². The Balaban J connectivity index is 1.61. The zero-order valence-electron chi connectivity index (χ0n) is 16.9. The number of hydrogen-bond donors (Lipinski definition) is 3. The molecule has 0 bridgehead atoms. The fourth-order valence-corrected chi connectivity index (χ4v) is 4.55. The summed E-state index contributed by atoms with van der Waals surface area (Å²) < 4.78 is 46.5. The highest BCUT2D eigenvalue weighted by molar-refractivity contribution is 7.89. The smallest absolute Gasteiger partial charge is 0.241 e. The van der Waals surface area contributed by atoms with E-state index in [1.165, 1.54) is 12.1 Å². The van der Waals surface area contributed by atoms with Crippen molar-refractivity contribution in [1.82, 2.24) is 10.0 Å². The molecule has 3 N–H and O–H groups in total. The molecule has 1 heterocycles. The largest absolute Gasteiger partial charge is 0.394 e. The molecule has 0 aromatic heterocycles. The Labute approximate surface area is 181 Å².